The fourth-order valence-electron chi connectivity index (χ4n) is 5.84. The summed E-state index contributed by atoms with van der Waals surface area (Å²) in [6, 6.07) is 40.6. The van der Waals surface area contributed by atoms with Crippen LogP contribution in [0.2, 0.25) is 0 Å². The predicted molar refractivity (Wildman–Crippen MR) is 155 cm³/mol. The molecule has 0 bridgehead atoms. The monoisotopic (exact) mass is 491 g/mol. The zero-order valence-electron chi connectivity index (χ0n) is 20.7. The third kappa shape index (κ3) is 3.24. The molecule has 1 unspecified atom stereocenters. The first-order valence-corrected chi connectivity index (χ1v) is 13.0. The lowest BCUT2D eigenvalue weighted by Gasteiger charge is -2.20. The summed E-state index contributed by atoms with van der Waals surface area (Å²) in [5.41, 5.74) is 10.5. The van der Waals surface area contributed by atoms with Crippen molar-refractivity contribution in [2.24, 2.45) is 0 Å². The molecule has 2 N–H and O–H groups in total. The minimum absolute atomic E-state index is 0.200. The molecular weight excluding hydrogens is 466 g/mol. The van der Waals surface area contributed by atoms with E-state index >= 15 is 0 Å². The fourth-order valence-corrected chi connectivity index (χ4v) is 5.84. The smallest absolute Gasteiger partial charge is 0.196 e. The molecule has 5 aromatic carbocycles. The minimum Gasteiger partial charge on any atom is -0.464 e. The van der Waals surface area contributed by atoms with E-state index in [9.17, 15) is 0 Å². The first-order valence-electron chi connectivity index (χ1n) is 13.0. The third-order valence-electron chi connectivity index (χ3n) is 7.66. The predicted octanol–water partition coefficient (Wildman–Crippen LogP) is 7.89. The molecule has 2 aliphatic heterocycles. The Hall–Kier alpha value is -4.96. The van der Waals surface area contributed by atoms with Crippen molar-refractivity contribution in [3.8, 4) is 11.4 Å². The molecule has 0 fully saturated rings. The number of aromatic nitrogens is 1. The molecule has 0 amide bonds. The Morgan fingerprint density at radius 2 is 1.58 bits per heavy atom. The van der Waals surface area contributed by atoms with Crippen LogP contribution in [0, 0.1) is 0 Å². The summed E-state index contributed by atoms with van der Waals surface area (Å²) < 4.78 is 8.92. The quantitative estimate of drug-likeness (QED) is 0.264. The molecule has 0 saturated heterocycles. The van der Waals surface area contributed by atoms with Crippen LogP contribution in [0.4, 0.5) is 5.69 Å². The molecule has 182 valence electrons. The van der Waals surface area contributed by atoms with Crippen LogP contribution in [0.25, 0.3) is 39.3 Å². The Kier molecular flexibility index (Phi) is 4.61. The standard InChI is InChI=1S/C34H25N3O/c1-2-9-22(10-3-1)34-36-28-17-18-31-32(33(28)38-34)27-15-6-7-16-30(27)37(31)26-14-8-13-24(19-26)29-20-23-11-4-5-12-25(23)21-35-29/h1-20,34-36H,21H2. The highest BCUT2D eigenvalue weighted by Crippen LogP contribution is 2.47. The maximum Gasteiger partial charge on any atom is 0.196 e. The van der Waals surface area contributed by atoms with E-state index in [2.05, 4.69) is 118 Å². The Bertz CT molecular complexity index is 1880. The SMILES string of the molecule is C1=C(c2cccc(-n3c4ccccc4c4c5c(ccc43)NC(c3ccccc3)O5)c2)NCc2ccccc21. The van der Waals surface area contributed by atoms with Crippen LogP contribution in [-0.4, -0.2) is 4.57 Å². The van der Waals surface area contributed by atoms with E-state index in [0.29, 0.717) is 0 Å². The number of ether oxygens (including phenoxy) is 1. The highest BCUT2D eigenvalue weighted by molar-refractivity contribution is 6.14. The van der Waals surface area contributed by atoms with Crippen LogP contribution >= 0.6 is 0 Å². The molecule has 0 radical (unpaired) electrons. The second-order valence-corrected chi connectivity index (χ2v) is 9.90. The maximum atomic E-state index is 6.57. The summed E-state index contributed by atoms with van der Waals surface area (Å²) >= 11 is 0. The van der Waals surface area contributed by atoms with Gasteiger partial charge in [0.15, 0.2) is 12.0 Å². The van der Waals surface area contributed by atoms with Gasteiger partial charge in [-0.15, -0.1) is 0 Å². The van der Waals surface area contributed by atoms with Crippen LogP contribution in [0.5, 0.6) is 5.75 Å². The molecule has 38 heavy (non-hydrogen) atoms. The Morgan fingerprint density at radius 3 is 2.53 bits per heavy atom. The number of para-hydroxylation sites is 1. The topological polar surface area (TPSA) is 38.2 Å². The van der Waals surface area contributed by atoms with Crippen LogP contribution in [-0.2, 0) is 6.54 Å². The van der Waals surface area contributed by atoms with Gasteiger partial charge in [0.1, 0.15) is 0 Å². The number of nitrogens with zero attached hydrogens (tertiary/aromatic N) is 1. The highest BCUT2D eigenvalue weighted by atomic mass is 16.5. The molecule has 2 aliphatic rings. The van der Waals surface area contributed by atoms with Gasteiger partial charge in [-0.2, -0.15) is 0 Å². The van der Waals surface area contributed by atoms with E-state index in [1.807, 2.05) is 18.2 Å². The van der Waals surface area contributed by atoms with Crippen molar-refractivity contribution in [3.63, 3.8) is 0 Å². The van der Waals surface area contributed by atoms with E-state index in [-0.39, 0.29) is 6.23 Å². The van der Waals surface area contributed by atoms with E-state index in [4.69, 9.17) is 4.74 Å². The summed E-state index contributed by atoms with van der Waals surface area (Å²) in [6.45, 7) is 0.834. The summed E-state index contributed by atoms with van der Waals surface area (Å²) in [5.74, 6) is 0.913. The first kappa shape index (κ1) is 21.2. The van der Waals surface area contributed by atoms with E-state index in [1.54, 1.807) is 0 Å². The van der Waals surface area contributed by atoms with Crippen molar-refractivity contribution >= 4 is 39.3 Å². The number of anilines is 1. The normalized spacial score (nSPS) is 15.8. The molecule has 8 rings (SSSR count). The summed E-state index contributed by atoms with van der Waals surface area (Å²) in [6.07, 6.45) is 2.05. The maximum absolute atomic E-state index is 6.57. The minimum atomic E-state index is -0.200. The number of benzene rings is 5. The van der Waals surface area contributed by atoms with Crippen molar-refractivity contribution in [2.45, 2.75) is 12.8 Å². The van der Waals surface area contributed by atoms with Crippen molar-refractivity contribution in [2.75, 3.05) is 5.32 Å². The fraction of sp³-hybridized carbons (Fsp3) is 0.0588. The number of rotatable bonds is 3. The molecule has 0 spiro atoms. The highest BCUT2D eigenvalue weighted by Gasteiger charge is 2.28. The van der Waals surface area contributed by atoms with Gasteiger partial charge >= 0.3 is 0 Å². The van der Waals surface area contributed by atoms with Crippen LogP contribution in [0.1, 0.15) is 28.5 Å². The van der Waals surface area contributed by atoms with Gasteiger partial charge in [-0.3, -0.25) is 0 Å². The molecule has 0 saturated carbocycles. The molecular formula is C34H25N3O. The average Bonchev–Trinajstić information content (AvgIpc) is 3.57. The van der Waals surface area contributed by atoms with Gasteiger partial charge in [0.25, 0.3) is 0 Å². The molecule has 3 heterocycles. The van der Waals surface area contributed by atoms with Crippen molar-refractivity contribution in [1.82, 2.24) is 9.88 Å². The summed E-state index contributed by atoms with van der Waals surface area (Å²) in [5, 5.41) is 9.51. The lowest BCUT2D eigenvalue weighted by molar-refractivity contribution is 0.263. The van der Waals surface area contributed by atoms with E-state index < -0.39 is 0 Å². The Labute approximate surface area is 220 Å². The van der Waals surface area contributed by atoms with Gasteiger partial charge < -0.3 is 19.9 Å². The van der Waals surface area contributed by atoms with Crippen molar-refractivity contribution in [1.29, 1.82) is 0 Å². The van der Waals surface area contributed by atoms with E-state index in [0.717, 1.165) is 51.3 Å². The van der Waals surface area contributed by atoms with Crippen LogP contribution in [0.15, 0.2) is 115 Å². The molecule has 1 aromatic heterocycles. The van der Waals surface area contributed by atoms with Crippen molar-refractivity contribution < 1.29 is 4.74 Å². The molecule has 6 aromatic rings. The van der Waals surface area contributed by atoms with Crippen LogP contribution in [0.3, 0.4) is 0 Å². The average molecular weight is 492 g/mol. The van der Waals surface area contributed by atoms with Gasteiger partial charge in [-0.1, -0.05) is 84.9 Å². The van der Waals surface area contributed by atoms with Gasteiger partial charge in [-0.05, 0) is 53.1 Å². The number of hydrogen-bond acceptors (Lipinski definition) is 3. The number of fused-ring (bicyclic) bond motifs is 6. The zero-order chi connectivity index (χ0) is 25.1. The molecule has 4 heteroatoms. The number of nitrogens with one attached hydrogen (secondary N) is 2. The molecule has 4 nitrogen and oxygen atoms in total. The largest absolute Gasteiger partial charge is 0.464 e. The van der Waals surface area contributed by atoms with Crippen LogP contribution < -0.4 is 15.4 Å². The third-order valence-corrected chi connectivity index (χ3v) is 7.66. The zero-order valence-corrected chi connectivity index (χ0v) is 20.7. The number of hydrogen-bond donors (Lipinski definition) is 2. The van der Waals surface area contributed by atoms with Crippen molar-refractivity contribution in [3.05, 3.63) is 138 Å². The van der Waals surface area contributed by atoms with Gasteiger partial charge in [-0.25, -0.2) is 0 Å². The van der Waals surface area contributed by atoms with Gasteiger partial charge in [0.05, 0.1) is 22.1 Å². The van der Waals surface area contributed by atoms with Gasteiger partial charge in [0, 0.05) is 28.9 Å². The Morgan fingerprint density at radius 1 is 0.737 bits per heavy atom. The van der Waals surface area contributed by atoms with Gasteiger partial charge in [0.2, 0.25) is 0 Å². The summed E-state index contributed by atoms with van der Waals surface area (Å²) in [4.78, 5) is 0. The second kappa shape index (κ2) is 8.29. The Balaban J connectivity index is 1.28. The first-order chi connectivity index (χ1) is 18.8. The summed E-state index contributed by atoms with van der Waals surface area (Å²) in [7, 11) is 0. The molecule has 1 atom stereocenters. The lowest BCUT2D eigenvalue weighted by atomic mass is 10.00. The molecule has 0 aliphatic carbocycles. The van der Waals surface area contributed by atoms with E-state index in [1.165, 1.54) is 22.1 Å². The second-order valence-electron chi connectivity index (χ2n) is 9.90. The lowest BCUT2D eigenvalue weighted by Crippen LogP contribution is -2.16.